The van der Waals surface area contributed by atoms with Gasteiger partial charge in [0.15, 0.2) is 0 Å². The van der Waals surface area contributed by atoms with Gasteiger partial charge in [0.25, 0.3) is 0 Å². The molecule has 0 amide bonds. The topological polar surface area (TPSA) is 127 Å². The predicted molar refractivity (Wildman–Crippen MR) is 177 cm³/mol. The summed E-state index contributed by atoms with van der Waals surface area (Å²) in [7, 11) is 0. The Morgan fingerprint density at radius 3 is 1.07 bits per heavy atom. The molecule has 0 aliphatic heterocycles. The maximum atomic E-state index is 10.9. The van der Waals surface area contributed by atoms with Crippen LogP contribution >= 0.6 is 0 Å². The molecule has 0 atom stereocenters. The summed E-state index contributed by atoms with van der Waals surface area (Å²) >= 11 is 0.149. The molecule has 0 fully saturated rings. The van der Waals surface area contributed by atoms with Crippen molar-refractivity contribution in [3.63, 3.8) is 0 Å². The number of aliphatic carboxylic acids is 2. The van der Waals surface area contributed by atoms with E-state index in [4.69, 9.17) is 19.7 Å². The van der Waals surface area contributed by atoms with Gasteiger partial charge in [-0.2, -0.15) is 0 Å². The zero-order valence-electron chi connectivity index (χ0n) is 27.7. The van der Waals surface area contributed by atoms with Crippen molar-refractivity contribution in [2.24, 2.45) is 0 Å². The number of unbranched alkanes of at least 4 members (excludes halogenated alkanes) is 14. The van der Waals surface area contributed by atoms with Crippen LogP contribution in [-0.4, -0.2) is 68.4 Å². The molecule has 0 saturated carbocycles. The molecule has 0 aliphatic rings. The van der Waals surface area contributed by atoms with Crippen molar-refractivity contribution in [2.75, 3.05) is 13.2 Å². The molecular weight excluding hydrogens is 655 g/mol. The number of carboxylic acid groups (broad SMARTS) is 2. The van der Waals surface area contributed by atoms with E-state index in [2.05, 4.69) is 27.7 Å². The van der Waals surface area contributed by atoms with Crippen LogP contribution in [0.3, 0.4) is 0 Å². The molecule has 0 saturated heterocycles. The average molecular weight is 718 g/mol. The van der Waals surface area contributed by atoms with Crippen LogP contribution in [0.2, 0.25) is 8.87 Å². The number of hydrogen-bond donors (Lipinski definition) is 2. The van der Waals surface area contributed by atoms with Gasteiger partial charge in [0.05, 0.1) is 13.2 Å². The molecule has 250 valence electrons. The normalized spacial score (nSPS) is 10.5. The molecule has 0 aliphatic carbocycles. The van der Waals surface area contributed by atoms with Crippen LogP contribution in [0.4, 0.5) is 0 Å². The Balaban J connectivity index is -0.000000586. The summed E-state index contributed by atoms with van der Waals surface area (Å²) in [6.45, 7) is 9.69. The number of hydrogen-bond acceptors (Lipinski definition) is 6. The summed E-state index contributed by atoms with van der Waals surface area (Å²) in [6.07, 6.45) is 25.5. The van der Waals surface area contributed by atoms with Crippen molar-refractivity contribution in [3.05, 3.63) is 24.3 Å². The van der Waals surface area contributed by atoms with Gasteiger partial charge in [-0.05, 0) is 12.8 Å². The van der Waals surface area contributed by atoms with Gasteiger partial charge in [-0.1, -0.05) is 90.9 Å². The molecule has 8 nitrogen and oxygen atoms in total. The quantitative estimate of drug-likeness (QED) is 0.0393. The van der Waals surface area contributed by atoms with Crippen LogP contribution < -0.4 is 0 Å². The van der Waals surface area contributed by atoms with Gasteiger partial charge in [0.1, 0.15) is 0 Å². The van der Waals surface area contributed by atoms with E-state index in [1.165, 1.54) is 89.9 Å². The number of esters is 2. The van der Waals surface area contributed by atoms with E-state index in [1.54, 1.807) is 8.87 Å². The Morgan fingerprint density at radius 2 is 0.767 bits per heavy atom. The molecule has 0 bridgehead atoms. The van der Waals surface area contributed by atoms with E-state index in [-0.39, 0.29) is 21.1 Å². The molecule has 43 heavy (non-hydrogen) atoms. The fourth-order valence-corrected chi connectivity index (χ4v) is 7.73. The van der Waals surface area contributed by atoms with E-state index in [9.17, 15) is 19.2 Å². The Morgan fingerprint density at radius 1 is 0.465 bits per heavy atom. The Labute approximate surface area is 272 Å². The van der Waals surface area contributed by atoms with Gasteiger partial charge in [-0.25, -0.2) is 19.2 Å². The van der Waals surface area contributed by atoms with Crippen molar-refractivity contribution in [2.45, 2.75) is 152 Å². The molecule has 0 aromatic carbocycles. The first-order chi connectivity index (χ1) is 20.7. The van der Waals surface area contributed by atoms with Crippen molar-refractivity contribution >= 4 is 45.0 Å². The zero-order chi connectivity index (χ0) is 32.8. The maximum absolute atomic E-state index is 10.9. The van der Waals surface area contributed by atoms with E-state index in [0.29, 0.717) is 13.2 Å². The fraction of sp³-hybridized carbons (Fsp3) is 0.765. The third kappa shape index (κ3) is 50.1. The second kappa shape index (κ2) is 40.2. The number of carbonyl (C=O) groups excluding carboxylic acids is 2. The zero-order valence-corrected chi connectivity index (χ0v) is 30.6. The first-order valence-corrected chi connectivity index (χ1v) is 20.6. The first kappa shape index (κ1) is 45.6. The van der Waals surface area contributed by atoms with Gasteiger partial charge < -0.3 is 19.7 Å². The number of carboxylic acids is 2. The fourth-order valence-electron chi connectivity index (χ4n) is 3.57. The molecule has 0 spiro atoms. The summed E-state index contributed by atoms with van der Waals surface area (Å²) in [4.78, 5) is 42.1. The molecule has 9 heteroatoms. The monoisotopic (exact) mass is 718 g/mol. The van der Waals surface area contributed by atoms with Gasteiger partial charge in [-0.3, -0.25) is 0 Å². The van der Waals surface area contributed by atoms with E-state index in [1.807, 2.05) is 0 Å². The summed E-state index contributed by atoms with van der Waals surface area (Å²) in [5, 5.41) is 16.6. The van der Waals surface area contributed by atoms with E-state index < -0.39 is 23.9 Å². The molecule has 0 aromatic rings. The Hall–Kier alpha value is -1.84. The minimum atomic E-state index is -1.14. The average Bonchev–Trinajstić information content (AvgIpc) is 2.98. The van der Waals surface area contributed by atoms with Crippen LogP contribution in [0.15, 0.2) is 24.3 Å². The summed E-state index contributed by atoms with van der Waals surface area (Å²) in [6, 6.07) is 0. The molecule has 0 aromatic heterocycles. The van der Waals surface area contributed by atoms with Gasteiger partial charge in [-0.15, -0.1) is 0 Å². The molecule has 2 N–H and O–H groups in total. The van der Waals surface area contributed by atoms with Gasteiger partial charge in [0, 0.05) is 24.3 Å². The number of ether oxygens (including phenoxy) is 2. The second-order valence-electron chi connectivity index (χ2n) is 10.4. The van der Waals surface area contributed by atoms with Crippen molar-refractivity contribution in [3.8, 4) is 0 Å². The third-order valence-corrected chi connectivity index (χ3v) is 10.2. The van der Waals surface area contributed by atoms with Crippen LogP contribution in [0.25, 0.3) is 0 Å². The predicted octanol–water partition coefficient (Wildman–Crippen LogP) is 8.97. The Kier molecular flexibility index (Phi) is 42.6. The number of carbonyl (C=O) groups is 4. The van der Waals surface area contributed by atoms with Crippen LogP contribution in [-0.2, 0) is 28.7 Å². The first-order valence-electron chi connectivity index (χ1n) is 16.6. The van der Waals surface area contributed by atoms with E-state index >= 15 is 0 Å². The van der Waals surface area contributed by atoms with Crippen molar-refractivity contribution in [1.82, 2.24) is 0 Å². The van der Waals surface area contributed by atoms with Gasteiger partial charge in [0.2, 0.25) is 0 Å². The second-order valence-corrected chi connectivity index (χ2v) is 14.7. The van der Waals surface area contributed by atoms with Crippen LogP contribution in [0.5, 0.6) is 0 Å². The Bertz CT molecular complexity index is 649. The summed E-state index contributed by atoms with van der Waals surface area (Å²) < 4.78 is 12.9. The molecular formula is C34H62O8Sn. The van der Waals surface area contributed by atoms with E-state index in [0.717, 1.165) is 50.0 Å². The minimum absolute atomic E-state index is 0.149. The molecule has 2 radical (unpaired) electrons. The van der Waals surface area contributed by atoms with Crippen LogP contribution in [0.1, 0.15) is 143 Å². The molecule has 0 unspecified atom stereocenters. The van der Waals surface area contributed by atoms with Crippen LogP contribution in [0, 0.1) is 0 Å². The van der Waals surface area contributed by atoms with Gasteiger partial charge >= 0.3 is 93.4 Å². The SMILES string of the molecule is CCCCCCCCCOC(=O)/C=C\C(=O)O.CCCCCCCCCOC(=O)/C=C\C(=O)O.CCC[CH2][Sn][CH2]CCC. The standard InChI is InChI=1S/2C13H22O4.2C4H9.Sn/c2*1-2-3-4-5-6-7-8-11-17-13(16)10-9-12(14)15;2*1-3-4-2;/h2*9-10H,2-8,11H2,1H3,(H,14,15);2*1,3-4H2,2H3;/b2*10-9-;;;. The number of rotatable bonds is 26. The molecule has 0 rings (SSSR count). The summed E-state index contributed by atoms with van der Waals surface area (Å²) in [5.41, 5.74) is 0. The molecule has 0 heterocycles. The third-order valence-electron chi connectivity index (χ3n) is 6.12. The summed E-state index contributed by atoms with van der Waals surface area (Å²) in [5.74, 6) is -3.45. The van der Waals surface area contributed by atoms with Crippen molar-refractivity contribution < 1.29 is 38.9 Å². The van der Waals surface area contributed by atoms with Crippen molar-refractivity contribution in [1.29, 1.82) is 0 Å².